The number of anilines is 3. The molecule has 1 aromatic heterocycles. The summed E-state index contributed by atoms with van der Waals surface area (Å²) in [4.78, 5) is 17.2. The van der Waals surface area contributed by atoms with Crippen LogP contribution in [0.2, 0.25) is 0 Å². The third-order valence-corrected chi connectivity index (χ3v) is 7.60. The molecule has 0 radical (unpaired) electrons. The smallest absolute Gasteiger partial charge is 0.484 e. The number of aromatic nitrogens is 2. The van der Waals surface area contributed by atoms with Crippen LogP contribution in [0.1, 0.15) is 51.6 Å². The number of fused-ring (bicyclic) bond motifs is 1. The highest BCUT2D eigenvalue weighted by atomic mass is 19.4. The molecule has 1 heterocycles. The third kappa shape index (κ3) is 8.20. The molecule has 3 aromatic carbocycles. The normalized spacial score (nSPS) is 18.4. The topological polar surface area (TPSA) is 77.4 Å². The number of benzene rings is 3. The molecular formula is C32H32F6N4O3. The van der Waals surface area contributed by atoms with Gasteiger partial charge in [-0.25, -0.2) is 4.98 Å². The number of rotatable bonds is 8. The average molecular weight is 635 g/mol. The predicted molar refractivity (Wildman–Crippen MR) is 158 cm³/mol. The number of amides is 1. The number of alkyl halides is 6. The second-order valence-corrected chi connectivity index (χ2v) is 12.1. The molecule has 0 unspecified atom stereocenters. The van der Waals surface area contributed by atoms with Gasteiger partial charge in [0.2, 0.25) is 5.95 Å². The number of nitrogens with one attached hydrogen (secondary N) is 2. The monoisotopic (exact) mass is 634 g/mol. The molecule has 1 amide bonds. The highest BCUT2D eigenvalue weighted by Gasteiger charge is 2.35. The molecule has 0 aliphatic heterocycles. The van der Waals surface area contributed by atoms with E-state index in [-0.39, 0.29) is 29.5 Å². The lowest BCUT2D eigenvalue weighted by Gasteiger charge is -2.40. The number of nitrogens with zero attached hydrogens (tertiary/aromatic N) is 2. The van der Waals surface area contributed by atoms with Crippen molar-refractivity contribution in [2.75, 3.05) is 17.2 Å². The summed E-state index contributed by atoms with van der Waals surface area (Å²) in [5, 5.41) is 5.75. The Hall–Kier alpha value is -4.42. The molecule has 2 N–H and O–H groups in total. The first-order valence-electron chi connectivity index (χ1n) is 14.3. The lowest BCUT2D eigenvalue weighted by atomic mass is 9.70. The van der Waals surface area contributed by atoms with E-state index in [0.29, 0.717) is 28.8 Å². The molecule has 1 aliphatic rings. The minimum Gasteiger partial charge on any atom is -0.484 e. The van der Waals surface area contributed by atoms with Gasteiger partial charge in [0, 0.05) is 23.5 Å². The summed E-state index contributed by atoms with van der Waals surface area (Å²) in [5.74, 6) is 0.412. The van der Waals surface area contributed by atoms with Crippen LogP contribution in [0.5, 0.6) is 11.5 Å². The van der Waals surface area contributed by atoms with Gasteiger partial charge >= 0.3 is 12.5 Å². The lowest BCUT2D eigenvalue weighted by Crippen LogP contribution is -2.29. The van der Waals surface area contributed by atoms with Crippen LogP contribution in [0.4, 0.5) is 43.7 Å². The van der Waals surface area contributed by atoms with E-state index in [1.165, 1.54) is 24.3 Å². The van der Waals surface area contributed by atoms with Crippen LogP contribution < -0.4 is 20.1 Å². The summed E-state index contributed by atoms with van der Waals surface area (Å²) >= 11 is 0. The Kier molecular flexibility index (Phi) is 8.65. The fraction of sp³-hybridized carbons (Fsp3) is 0.375. The van der Waals surface area contributed by atoms with Crippen molar-refractivity contribution < 1.29 is 40.6 Å². The lowest BCUT2D eigenvalue weighted by molar-refractivity contribution is -0.274. The number of halogens is 6. The zero-order valence-corrected chi connectivity index (χ0v) is 24.7. The fourth-order valence-electron chi connectivity index (χ4n) is 6.08. The van der Waals surface area contributed by atoms with Crippen molar-refractivity contribution in [1.82, 2.24) is 9.55 Å². The van der Waals surface area contributed by atoms with E-state index in [9.17, 15) is 31.1 Å². The van der Waals surface area contributed by atoms with E-state index in [4.69, 9.17) is 9.72 Å². The van der Waals surface area contributed by atoms with Crippen LogP contribution in [0.15, 0.2) is 66.7 Å². The Bertz CT molecular complexity index is 1650. The van der Waals surface area contributed by atoms with Crippen molar-refractivity contribution in [2.45, 2.75) is 58.6 Å². The molecule has 2 atom stereocenters. The van der Waals surface area contributed by atoms with Crippen LogP contribution in [-0.4, -0.2) is 28.4 Å². The summed E-state index contributed by atoms with van der Waals surface area (Å²) in [6.07, 6.45) is -6.40. The average Bonchev–Trinajstić information content (AvgIpc) is 3.28. The zero-order chi connectivity index (χ0) is 32.6. The Morgan fingerprint density at radius 2 is 1.58 bits per heavy atom. The van der Waals surface area contributed by atoms with Crippen molar-refractivity contribution in [3.63, 3.8) is 0 Å². The van der Waals surface area contributed by atoms with Crippen LogP contribution >= 0.6 is 0 Å². The second kappa shape index (κ2) is 12.2. The van der Waals surface area contributed by atoms with Gasteiger partial charge < -0.3 is 24.7 Å². The number of imidazole rings is 1. The maximum Gasteiger partial charge on any atom is 0.573 e. The minimum absolute atomic E-state index is 0.0796. The highest BCUT2D eigenvalue weighted by molar-refractivity contribution is 5.92. The number of carbonyl (C=O) groups excluding carboxylic acids is 1. The molecule has 13 heteroatoms. The quantitative estimate of drug-likeness (QED) is 0.189. The van der Waals surface area contributed by atoms with Gasteiger partial charge in [-0.3, -0.25) is 4.79 Å². The summed E-state index contributed by atoms with van der Waals surface area (Å²) in [6, 6.07) is 14.8. The maximum absolute atomic E-state index is 12.8. The van der Waals surface area contributed by atoms with Crippen molar-refractivity contribution in [3.8, 4) is 11.5 Å². The first-order chi connectivity index (χ1) is 21.0. The molecule has 45 heavy (non-hydrogen) atoms. The van der Waals surface area contributed by atoms with E-state index < -0.39 is 24.0 Å². The van der Waals surface area contributed by atoms with Crippen LogP contribution in [-0.2, 0) is 11.0 Å². The van der Waals surface area contributed by atoms with Crippen LogP contribution in [0.25, 0.3) is 11.0 Å². The highest BCUT2D eigenvalue weighted by Crippen LogP contribution is 2.46. The van der Waals surface area contributed by atoms with Gasteiger partial charge in [-0.1, -0.05) is 20.8 Å². The van der Waals surface area contributed by atoms with Gasteiger partial charge in [-0.05, 0) is 91.3 Å². The molecule has 1 aliphatic carbocycles. The van der Waals surface area contributed by atoms with E-state index in [2.05, 4.69) is 40.7 Å². The molecule has 4 aromatic rings. The van der Waals surface area contributed by atoms with Gasteiger partial charge in [0.05, 0.1) is 16.6 Å². The number of ether oxygens (including phenoxy) is 2. The summed E-state index contributed by atoms with van der Waals surface area (Å²) < 4.78 is 88.0. The predicted octanol–water partition coefficient (Wildman–Crippen LogP) is 9.10. The first kappa shape index (κ1) is 32.0. The Morgan fingerprint density at radius 1 is 0.933 bits per heavy atom. The number of hydrogen-bond acceptors (Lipinski definition) is 5. The van der Waals surface area contributed by atoms with Gasteiger partial charge in [0.1, 0.15) is 11.5 Å². The van der Waals surface area contributed by atoms with E-state index in [1.54, 1.807) is 12.1 Å². The van der Waals surface area contributed by atoms with E-state index in [0.717, 1.165) is 49.0 Å². The van der Waals surface area contributed by atoms with E-state index in [1.807, 2.05) is 6.07 Å². The Balaban J connectivity index is 1.36. The fourth-order valence-corrected chi connectivity index (χ4v) is 6.08. The molecule has 1 saturated carbocycles. The largest absolute Gasteiger partial charge is 0.573 e. The molecule has 240 valence electrons. The van der Waals surface area contributed by atoms with Crippen molar-refractivity contribution in [2.24, 2.45) is 11.3 Å². The second-order valence-electron chi connectivity index (χ2n) is 12.1. The molecule has 7 nitrogen and oxygen atoms in total. The summed E-state index contributed by atoms with van der Waals surface area (Å²) in [6.45, 7) is 6.27. The summed E-state index contributed by atoms with van der Waals surface area (Å²) in [5.41, 5.74) is 1.36. The van der Waals surface area contributed by atoms with Gasteiger partial charge in [-0.15, -0.1) is 13.2 Å². The molecule has 0 bridgehead atoms. The van der Waals surface area contributed by atoms with Crippen LogP contribution in [0, 0.1) is 11.3 Å². The summed E-state index contributed by atoms with van der Waals surface area (Å²) in [7, 11) is 0. The first-order valence-corrected chi connectivity index (χ1v) is 14.3. The standard InChI is InChI=1S/C32H32F6N4O3/c1-19-14-23(17-30(2,3)16-19)42-27-13-12-25(44-18-28(43)39-21-6-4-20(5-7-21)31(33,34)35)15-26(27)41-29(42)40-22-8-10-24(11-9-22)45-32(36,37)38/h4-13,15,19,23H,14,16-18H2,1-3H3,(H,39,43)(H,40,41)/t19-,23+/m0/s1. The molecular weight excluding hydrogens is 602 g/mol. The molecule has 5 rings (SSSR count). The number of hydrogen-bond donors (Lipinski definition) is 2. The Morgan fingerprint density at radius 3 is 2.20 bits per heavy atom. The SMILES string of the molecule is C[C@H]1C[C@@H](n2c(Nc3ccc(OC(F)(F)F)cc3)nc3cc(OCC(=O)Nc4ccc(C(F)(F)F)cc4)ccc32)CC(C)(C)C1. The minimum atomic E-state index is -4.80. The van der Waals surface area contributed by atoms with Gasteiger partial charge in [0.25, 0.3) is 5.91 Å². The molecule has 1 fully saturated rings. The van der Waals surface area contributed by atoms with E-state index >= 15 is 0 Å². The Labute approximate surface area is 255 Å². The van der Waals surface area contributed by atoms with Gasteiger partial charge in [0.15, 0.2) is 6.61 Å². The zero-order valence-electron chi connectivity index (χ0n) is 24.7. The van der Waals surface area contributed by atoms with Crippen LogP contribution in [0.3, 0.4) is 0 Å². The molecule has 0 spiro atoms. The van der Waals surface area contributed by atoms with Crippen molar-refractivity contribution >= 4 is 34.3 Å². The maximum atomic E-state index is 12.8. The van der Waals surface area contributed by atoms with Crippen molar-refractivity contribution in [3.05, 3.63) is 72.3 Å². The van der Waals surface area contributed by atoms with Crippen molar-refractivity contribution in [1.29, 1.82) is 0 Å². The molecule has 0 saturated heterocycles. The number of carbonyl (C=O) groups is 1. The third-order valence-electron chi connectivity index (χ3n) is 7.60. The van der Waals surface area contributed by atoms with Gasteiger partial charge in [-0.2, -0.15) is 13.2 Å².